The Morgan fingerprint density at radius 3 is 2.32 bits per heavy atom. The van der Waals surface area contributed by atoms with Crippen molar-refractivity contribution >= 4 is 27.8 Å². The summed E-state index contributed by atoms with van der Waals surface area (Å²) in [6, 6.07) is 17.5. The van der Waals surface area contributed by atoms with Crippen molar-refractivity contribution < 1.29 is 32.3 Å². The first kappa shape index (κ1) is 28.3. The lowest BCUT2D eigenvalue weighted by Gasteiger charge is -2.11. The average Bonchev–Trinajstić information content (AvgIpc) is 2.92. The number of benzene rings is 2. The van der Waals surface area contributed by atoms with E-state index < -0.39 is 21.9 Å². The summed E-state index contributed by atoms with van der Waals surface area (Å²) in [6.45, 7) is 3.85. The molecule has 0 radical (unpaired) electrons. The van der Waals surface area contributed by atoms with Crippen LogP contribution in [0.3, 0.4) is 0 Å². The summed E-state index contributed by atoms with van der Waals surface area (Å²) >= 11 is 0. The number of hydrogen-bond donors (Lipinski definition) is 2. The van der Waals surface area contributed by atoms with Crippen molar-refractivity contribution in [2.45, 2.75) is 37.7 Å². The molecule has 3 aromatic rings. The topological polar surface area (TPSA) is 141 Å². The van der Waals surface area contributed by atoms with Gasteiger partial charge in [-0.2, -0.15) is 0 Å². The Hall–Kier alpha value is -4.25. The first-order chi connectivity index (χ1) is 18.2. The highest BCUT2D eigenvalue weighted by Crippen LogP contribution is 2.13. The summed E-state index contributed by atoms with van der Waals surface area (Å²) in [5.41, 5.74) is 0.779. The lowest BCUT2D eigenvalue weighted by Crippen LogP contribution is -2.31. The van der Waals surface area contributed by atoms with Gasteiger partial charge in [0, 0.05) is 12.7 Å². The van der Waals surface area contributed by atoms with Gasteiger partial charge in [0.15, 0.2) is 6.61 Å². The number of hydrogen-bond acceptors (Lipinski definition) is 8. The molecule has 1 unspecified atom stereocenters. The molecule has 0 bridgehead atoms. The highest BCUT2D eigenvalue weighted by molar-refractivity contribution is 7.90. The third-order valence-electron chi connectivity index (χ3n) is 5.43. The highest BCUT2D eigenvalue weighted by atomic mass is 32.2. The third-order valence-corrected chi connectivity index (χ3v) is 6.77. The zero-order chi connectivity index (χ0) is 27.5. The predicted molar refractivity (Wildman–Crippen MR) is 139 cm³/mol. The number of carbonyl (C=O) groups excluding carboxylic acids is 3. The molecule has 0 saturated heterocycles. The van der Waals surface area contributed by atoms with E-state index in [9.17, 15) is 22.8 Å². The molecule has 1 aromatic heterocycles. The molecule has 1 atom stereocenters. The fraction of sp³-hybridized carbons (Fsp3) is 0.259. The summed E-state index contributed by atoms with van der Waals surface area (Å²) in [5, 5.41) is 2.74. The molecule has 0 saturated carbocycles. The number of nitrogens with zero attached hydrogens (tertiary/aromatic N) is 1. The monoisotopic (exact) mass is 539 g/mol. The molecule has 11 heteroatoms. The SMILES string of the molecule is CCC(C)OC(=O)c1ccc(C(=O)NS(=O)(=O)c2ccc(CCNC(=O)COc3ccccc3)cc2)cn1. The van der Waals surface area contributed by atoms with Gasteiger partial charge in [0.1, 0.15) is 11.4 Å². The van der Waals surface area contributed by atoms with Crippen LogP contribution in [0.5, 0.6) is 5.75 Å². The van der Waals surface area contributed by atoms with Crippen LogP contribution in [0, 0.1) is 0 Å². The second kappa shape index (κ2) is 13.3. The Balaban J connectivity index is 1.48. The van der Waals surface area contributed by atoms with Gasteiger partial charge in [-0.1, -0.05) is 37.3 Å². The second-order valence-corrected chi connectivity index (χ2v) is 10.0. The number of aromatic nitrogens is 1. The maximum atomic E-state index is 12.7. The van der Waals surface area contributed by atoms with E-state index in [0.717, 1.165) is 11.8 Å². The Morgan fingerprint density at radius 1 is 0.974 bits per heavy atom. The standard InChI is InChI=1S/C27H29N3O7S/c1-3-19(2)37-27(33)24-14-11-21(17-29-24)26(32)30-38(34,35)23-12-9-20(10-13-23)15-16-28-25(31)18-36-22-7-5-4-6-8-22/h4-14,17,19H,3,15-16,18H2,1-2H3,(H,28,31)(H,30,32). The van der Waals surface area contributed by atoms with Crippen LogP contribution in [0.15, 0.2) is 77.8 Å². The molecule has 2 N–H and O–H groups in total. The van der Waals surface area contributed by atoms with Crippen molar-refractivity contribution in [3.05, 3.63) is 89.7 Å². The third kappa shape index (κ3) is 8.41. The van der Waals surface area contributed by atoms with Crippen molar-refractivity contribution in [2.75, 3.05) is 13.2 Å². The van der Waals surface area contributed by atoms with Crippen molar-refractivity contribution in [1.82, 2.24) is 15.0 Å². The fourth-order valence-electron chi connectivity index (χ4n) is 3.11. The minimum Gasteiger partial charge on any atom is -0.484 e. The van der Waals surface area contributed by atoms with Crippen molar-refractivity contribution in [3.63, 3.8) is 0 Å². The first-order valence-corrected chi connectivity index (χ1v) is 13.4. The van der Waals surface area contributed by atoms with Gasteiger partial charge in [0.25, 0.3) is 21.8 Å². The number of ether oxygens (including phenoxy) is 2. The average molecular weight is 540 g/mol. The molecule has 0 fully saturated rings. The summed E-state index contributed by atoms with van der Waals surface area (Å²) in [7, 11) is -4.14. The summed E-state index contributed by atoms with van der Waals surface area (Å²) in [4.78, 5) is 40.2. The van der Waals surface area contributed by atoms with Gasteiger partial charge in [-0.25, -0.2) is 22.9 Å². The Bertz CT molecular complexity index is 1340. The van der Waals surface area contributed by atoms with E-state index >= 15 is 0 Å². The molecule has 2 amide bonds. The van der Waals surface area contributed by atoms with Gasteiger partial charge in [-0.3, -0.25) is 9.59 Å². The molecule has 10 nitrogen and oxygen atoms in total. The second-order valence-electron chi connectivity index (χ2n) is 8.34. The van der Waals surface area contributed by atoms with Crippen molar-refractivity contribution in [2.24, 2.45) is 0 Å². The van der Waals surface area contributed by atoms with Crippen LogP contribution < -0.4 is 14.8 Å². The van der Waals surface area contributed by atoms with Crippen LogP contribution in [0.1, 0.15) is 46.7 Å². The minimum atomic E-state index is -4.14. The summed E-state index contributed by atoms with van der Waals surface area (Å²) in [5.74, 6) is -1.18. The van der Waals surface area contributed by atoms with Crippen LogP contribution >= 0.6 is 0 Å². The number of esters is 1. The largest absolute Gasteiger partial charge is 0.484 e. The molecule has 3 rings (SSSR count). The van der Waals surface area contributed by atoms with E-state index in [0.29, 0.717) is 25.1 Å². The van der Waals surface area contributed by atoms with Gasteiger partial charge in [0.05, 0.1) is 16.6 Å². The maximum Gasteiger partial charge on any atom is 0.357 e. The molecule has 0 spiro atoms. The molecule has 200 valence electrons. The number of rotatable bonds is 12. The van der Waals surface area contributed by atoms with Crippen LogP contribution in [0.2, 0.25) is 0 Å². The lowest BCUT2D eigenvalue weighted by atomic mass is 10.1. The normalized spacial score (nSPS) is 11.7. The Labute approximate surface area is 221 Å². The highest BCUT2D eigenvalue weighted by Gasteiger charge is 2.20. The van der Waals surface area contributed by atoms with Crippen LogP contribution in [-0.2, 0) is 26.0 Å². The Kier molecular flexibility index (Phi) is 9.94. The van der Waals surface area contributed by atoms with Crippen LogP contribution in [0.25, 0.3) is 0 Å². The van der Waals surface area contributed by atoms with Crippen LogP contribution in [0.4, 0.5) is 0 Å². The molecule has 38 heavy (non-hydrogen) atoms. The predicted octanol–water partition coefficient (Wildman–Crippen LogP) is 2.89. The molecule has 1 heterocycles. The summed E-state index contributed by atoms with van der Waals surface area (Å²) < 4.78 is 37.9. The molecule has 2 aromatic carbocycles. The number of pyridine rings is 1. The number of sulfonamides is 1. The van der Waals surface area contributed by atoms with E-state index in [1.807, 2.05) is 29.8 Å². The zero-order valence-corrected chi connectivity index (χ0v) is 21.9. The van der Waals surface area contributed by atoms with Gasteiger partial charge in [0.2, 0.25) is 0 Å². The smallest absolute Gasteiger partial charge is 0.357 e. The van der Waals surface area contributed by atoms with Crippen molar-refractivity contribution in [1.29, 1.82) is 0 Å². The van der Waals surface area contributed by atoms with E-state index in [1.54, 1.807) is 31.2 Å². The van der Waals surface area contributed by atoms with E-state index in [-0.39, 0.29) is 34.8 Å². The number of amides is 2. The molecule has 0 aliphatic rings. The first-order valence-electron chi connectivity index (χ1n) is 12.0. The molecular weight excluding hydrogens is 510 g/mol. The molecule has 0 aliphatic carbocycles. The Morgan fingerprint density at radius 2 is 1.68 bits per heavy atom. The van der Waals surface area contributed by atoms with Gasteiger partial charge in [-0.15, -0.1) is 0 Å². The fourth-order valence-corrected chi connectivity index (χ4v) is 4.09. The summed E-state index contributed by atoms with van der Waals surface area (Å²) in [6.07, 6.45) is 1.95. The van der Waals surface area contributed by atoms with E-state index in [1.165, 1.54) is 24.3 Å². The molecule has 0 aliphatic heterocycles. The maximum absolute atomic E-state index is 12.7. The van der Waals surface area contributed by atoms with Gasteiger partial charge in [-0.05, 0) is 61.7 Å². The van der Waals surface area contributed by atoms with Crippen molar-refractivity contribution in [3.8, 4) is 5.75 Å². The number of nitrogens with one attached hydrogen (secondary N) is 2. The van der Waals surface area contributed by atoms with E-state index in [2.05, 4.69) is 10.3 Å². The lowest BCUT2D eigenvalue weighted by molar-refractivity contribution is -0.123. The van der Waals surface area contributed by atoms with Gasteiger partial charge >= 0.3 is 5.97 Å². The van der Waals surface area contributed by atoms with Gasteiger partial charge < -0.3 is 14.8 Å². The number of para-hydroxylation sites is 1. The quantitative estimate of drug-likeness (QED) is 0.335. The molecular formula is C27H29N3O7S. The van der Waals surface area contributed by atoms with E-state index in [4.69, 9.17) is 9.47 Å². The number of carbonyl (C=O) groups is 3. The zero-order valence-electron chi connectivity index (χ0n) is 21.0. The minimum absolute atomic E-state index is 0.0141. The van der Waals surface area contributed by atoms with Crippen LogP contribution in [-0.4, -0.2) is 50.4 Å².